The van der Waals surface area contributed by atoms with E-state index < -0.39 is 0 Å². The Morgan fingerprint density at radius 3 is 2.58 bits per heavy atom. The first-order valence-corrected chi connectivity index (χ1v) is 8.78. The van der Waals surface area contributed by atoms with Crippen LogP contribution in [0.15, 0.2) is 29.8 Å². The quantitative estimate of drug-likeness (QED) is 0.812. The van der Waals surface area contributed by atoms with Crippen LogP contribution in [0.5, 0.6) is 28.7 Å². The molecule has 134 valence electrons. The van der Waals surface area contributed by atoms with E-state index in [0.29, 0.717) is 11.7 Å². The summed E-state index contributed by atoms with van der Waals surface area (Å²) in [6.07, 6.45) is 0.947. The average Bonchev–Trinajstić information content (AvgIpc) is 3.30. The molecule has 0 saturated carbocycles. The van der Waals surface area contributed by atoms with Crippen LogP contribution in [0.4, 0.5) is 0 Å². The minimum absolute atomic E-state index is 0.213. The second kappa shape index (κ2) is 5.59. The molecule has 0 aromatic heterocycles. The normalized spacial score (nSPS) is 19.6. The van der Waals surface area contributed by atoms with Crippen molar-refractivity contribution in [2.24, 2.45) is 5.92 Å². The predicted molar refractivity (Wildman–Crippen MR) is 96.2 cm³/mol. The monoisotopic (exact) mass is 352 g/mol. The first-order chi connectivity index (χ1) is 12.7. The summed E-state index contributed by atoms with van der Waals surface area (Å²) in [5.74, 6) is 4.19. The van der Waals surface area contributed by atoms with Crippen LogP contribution >= 0.6 is 0 Å². The molecule has 2 aliphatic heterocycles. The van der Waals surface area contributed by atoms with Gasteiger partial charge in [-0.05, 0) is 54.2 Å². The molecule has 2 aromatic rings. The summed E-state index contributed by atoms with van der Waals surface area (Å²) >= 11 is 0. The zero-order valence-electron chi connectivity index (χ0n) is 15.0. The molecule has 0 unspecified atom stereocenters. The molecule has 1 atom stereocenters. The van der Waals surface area contributed by atoms with Crippen LogP contribution in [0, 0.1) is 5.92 Å². The van der Waals surface area contributed by atoms with E-state index in [4.69, 9.17) is 23.7 Å². The van der Waals surface area contributed by atoms with E-state index >= 15 is 0 Å². The lowest BCUT2D eigenvalue weighted by Crippen LogP contribution is -2.14. The van der Waals surface area contributed by atoms with Crippen molar-refractivity contribution in [3.8, 4) is 28.7 Å². The molecule has 5 heteroatoms. The lowest BCUT2D eigenvalue weighted by molar-refractivity contribution is 0.171. The molecule has 3 aliphatic rings. The Morgan fingerprint density at radius 1 is 0.962 bits per heavy atom. The minimum Gasteiger partial charge on any atom is -0.493 e. The third-order valence-electron chi connectivity index (χ3n) is 5.48. The maximum absolute atomic E-state index is 5.87. The van der Waals surface area contributed by atoms with E-state index in [1.54, 1.807) is 7.11 Å². The van der Waals surface area contributed by atoms with Gasteiger partial charge in [-0.3, -0.25) is 0 Å². The van der Waals surface area contributed by atoms with Crippen molar-refractivity contribution in [3.63, 3.8) is 0 Å². The molecule has 0 N–H and O–H groups in total. The van der Waals surface area contributed by atoms with Gasteiger partial charge in [-0.2, -0.15) is 0 Å². The predicted octanol–water partition coefficient (Wildman–Crippen LogP) is 4.17. The summed E-state index contributed by atoms with van der Waals surface area (Å²) in [6, 6.07) is 8.19. The highest BCUT2D eigenvalue weighted by Crippen LogP contribution is 2.53. The van der Waals surface area contributed by atoms with E-state index in [-0.39, 0.29) is 13.6 Å². The maximum Gasteiger partial charge on any atom is 0.231 e. The Hall–Kier alpha value is -2.82. The van der Waals surface area contributed by atoms with E-state index in [2.05, 4.69) is 32.0 Å². The first-order valence-electron chi connectivity index (χ1n) is 8.78. The molecule has 2 aromatic carbocycles. The van der Waals surface area contributed by atoms with Crippen LogP contribution in [-0.4, -0.2) is 20.7 Å². The van der Waals surface area contributed by atoms with Crippen molar-refractivity contribution in [3.05, 3.63) is 46.5 Å². The van der Waals surface area contributed by atoms with Gasteiger partial charge in [0.25, 0.3) is 0 Å². The molecule has 1 aliphatic carbocycles. The Labute approximate surface area is 152 Å². The fourth-order valence-corrected chi connectivity index (χ4v) is 4.03. The van der Waals surface area contributed by atoms with Gasteiger partial charge < -0.3 is 23.7 Å². The molecule has 5 nitrogen and oxygen atoms in total. The van der Waals surface area contributed by atoms with Crippen molar-refractivity contribution in [2.75, 3.05) is 20.7 Å². The van der Waals surface area contributed by atoms with Crippen LogP contribution in [0.25, 0.3) is 5.57 Å². The van der Waals surface area contributed by atoms with Gasteiger partial charge in [-0.15, -0.1) is 0 Å². The highest BCUT2D eigenvalue weighted by molar-refractivity contribution is 5.90. The third kappa shape index (κ3) is 2.09. The van der Waals surface area contributed by atoms with Crippen molar-refractivity contribution in [1.29, 1.82) is 0 Å². The van der Waals surface area contributed by atoms with E-state index in [1.165, 1.54) is 16.7 Å². The minimum atomic E-state index is 0.213. The van der Waals surface area contributed by atoms with Crippen LogP contribution in [0.3, 0.4) is 0 Å². The van der Waals surface area contributed by atoms with Crippen molar-refractivity contribution >= 4 is 5.57 Å². The van der Waals surface area contributed by atoms with Crippen LogP contribution < -0.4 is 23.7 Å². The maximum atomic E-state index is 5.87. The summed E-state index contributed by atoms with van der Waals surface area (Å²) in [7, 11) is 1.66. The molecule has 0 bridgehead atoms. The molecule has 0 amide bonds. The zero-order chi connectivity index (χ0) is 17.8. The third-order valence-corrected chi connectivity index (χ3v) is 5.48. The molecular formula is C21H20O5. The summed E-state index contributed by atoms with van der Waals surface area (Å²) in [6.45, 7) is 4.93. The first kappa shape index (κ1) is 15.4. The molecule has 0 radical (unpaired) electrons. The van der Waals surface area contributed by atoms with Crippen LogP contribution in [-0.2, 0) is 6.42 Å². The van der Waals surface area contributed by atoms with Gasteiger partial charge >= 0.3 is 0 Å². The number of methoxy groups -OCH3 is 1. The fourth-order valence-electron chi connectivity index (χ4n) is 4.03. The molecule has 5 rings (SSSR count). The summed E-state index contributed by atoms with van der Waals surface area (Å²) in [5.41, 5.74) is 5.94. The molecule has 2 heterocycles. The lowest BCUT2D eigenvalue weighted by Gasteiger charge is -2.28. The number of hydrogen-bond donors (Lipinski definition) is 0. The Balaban J connectivity index is 1.76. The highest BCUT2D eigenvalue weighted by atomic mass is 16.7. The second-order valence-electron chi connectivity index (χ2n) is 6.91. The number of fused-ring (bicyclic) bond motifs is 4. The van der Waals surface area contributed by atoms with Gasteiger partial charge in [0.05, 0.1) is 7.11 Å². The topological polar surface area (TPSA) is 46.2 Å². The Bertz CT molecular complexity index is 944. The molecule has 0 spiro atoms. The van der Waals surface area contributed by atoms with Crippen molar-refractivity contribution in [1.82, 2.24) is 0 Å². The summed E-state index contributed by atoms with van der Waals surface area (Å²) < 4.78 is 28.1. The number of rotatable bonds is 2. The zero-order valence-corrected chi connectivity index (χ0v) is 15.0. The smallest absolute Gasteiger partial charge is 0.231 e. The summed E-state index contributed by atoms with van der Waals surface area (Å²) in [4.78, 5) is 0. The number of hydrogen-bond acceptors (Lipinski definition) is 5. The van der Waals surface area contributed by atoms with Crippen LogP contribution in [0.1, 0.15) is 30.5 Å². The van der Waals surface area contributed by atoms with Gasteiger partial charge in [0.1, 0.15) is 0 Å². The lowest BCUT2D eigenvalue weighted by atomic mass is 9.77. The molecule has 0 fully saturated rings. The largest absolute Gasteiger partial charge is 0.493 e. The molecule has 0 saturated heterocycles. The second-order valence-corrected chi connectivity index (χ2v) is 6.91. The van der Waals surface area contributed by atoms with Crippen molar-refractivity contribution in [2.45, 2.75) is 20.3 Å². The molecular weight excluding hydrogens is 332 g/mol. The molecule has 26 heavy (non-hydrogen) atoms. The van der Waals surface area contributed by atoms with E-state index in [0.717, 1.165) is 40.5 Å². The van der Waals surface area contributed by atoms with Gasteiger partial charge in [-0.25, -0.2) is 0 Å². The SMILES string of the molecule is COc1cc2c(c3c1OCO3)C(c1ccc3c(c1)OCO3)=C(C)[C@H](C)C2. The Kier molecular flexibility index (Phi) is 3.32. The van der Waals surface area contributed by atoms with Gasteiger partial charge in [-0.1, -0.05) is 18.6 Å². The van der Waals surface area contributed by atoms with Gasteiger partial charge in [0.2, 0.25) is 19.3 Å². The summed E-state index contributed by atoms with van der Waals surface area (Å²) in [5, 5.41) is 0. The number of benzene rings is 2. The number of ether oxygens (including phenoxy) is 5. The van der Waals surface area contributed by atoms with Gasteiger partial charge in [0, 0.05) is 5.56 Å². The average molecular weight is 352 g/mol. The highest BCUT2D eigenvalue weighted by Gasteiger charge is 2.33. The fraction of sp³-hybridized carbons (Fsp3) is 0.333. The van der Waals surface area contributed by atoms with E-state index in [1.807, 2.05) is 6.07 Å². The van der Waals surface area contributed by atoms with Crippen LogP contribution in [0.2, 0.25) is 0 Å². The van der Waals surface area contributed by atoms with Gasteiger partial charge in [0.15, 0.2) is 23.0 Å². The van der Waals surface area contributed by atoms with E-state index in [9.17, 15) is 0 Å². The van der Waals surface area contributed by atoms with Crippen molar-refractivity contribution < 1.29 is 23.7 Å². The number of allylic oxidation sites excluding steroid dienone is 1. The Morgan fingerprint density at radius 2 is 1.73 bits per heavy atom. The standard InChI is InChI=1S/C21H20O5/c1-11-6-14-8-17(22-3)20-21(26-10-25-20)19(14)18(12(11)2)13-4-5-15-16(7-13)24-9-23-15/h4-5,7-8,11H,6,9-10H2,1-3H3/t11-/m1/s1.